The lowest BCUT2D eigenvalue weighted by Gasteiger charge is -2.13. The van der Waals surface area contributed by atoms with Crippen molar-refractivity contribution in [3.63, 3.8) is 0 Å². The van der Waals surface area contributed by atoms with Gasteiger partial charge in [0.15, 0.2) is 11.3 Å². The summed E-state index contributed by atoms with van der Waals surface area (Å²) < 4.78 is 1.58. The van der Waals surface area contributed by atoms with Crippen molar-refractivity contribution in [2.24, 2.45) is 0 Å². The summed E-state index contributed by atoms with van der Waals surface area (Å²) in [7, 11) is 0. The zero-order valence-corrected chi connectivity index (χ0v) is 12.1. The minimum atomic E-state index is -0.229. The molecule has 7 heteroatoms. The van der Waals surface area contributed by atoms with Crippen LogP contribution < -0.4 is 5.32 Å². The highest BCUT2D eigenvalue weighted by Crippen LogP contribution is 2.19. The number of hydrogen-bond donors (Lipinski definition) is 2. The fourth-order valence-electron chi connectivity index (χ4n) is 2.48. The maximum Gasteiger partial charge on any atom is 0.272 e. The monoisotopic (exact) mass is 284 g/mol. The molecule has 0 fully saturated rings. The molecule has 0 spiro atoms. The summed E-state index contributed by atoms with van der Waals surface area (Å²) in [6.07, 6.45) is 3.42. The van der Waals surface area contributed by atoms with E-state index in [0.717, 1.165) is 17.0 Å². The number of fused-ring (bicyclic) bond motifs is 1. The molecule has 1 atom stereocenters. The van der Waals surface area contributed by atoms with Gasteiger partial charge in [-0.25, -0.2) is 9.50 Å². The molecule has 3 rings (SSSR count). The summed E-state index contributed by atoms with van der Waals surface area (Å²) in [5, 5.41) is 14.2. The maximum absolute atomic E-state index is 12.3. The lowest BCUT2D eigenvalue weighted by Crippen LogP contribution is -2.27. The van der Waals surface area contributed by atoms with Crippen molar-refractivity contribution < 1.29 is 4.79 Å². The minimum Gasteiger partial charge on any atom is -0.344 e. The molecule has 7 nitrogen and oxygen atoms in total. The predicted molar refractivity (Wildman–Crippen MR) is 76.9 cm³/mol. The first-order valence-electron chi connectivity index (χ1n) is 6.69. The van der Waals surface area contributed by atoms with Crippen LogP contribution in [0.5, 0.6) is 0 Å². The van der Waals surface area contributed by atoms with Crippen LogP contribution >= 0.6 is 0 Å². The molecular formula is C14H16N6O. The van der Waals surface area contributed by atoms with Crippen molar-refractivity contribution in [1.29, 1.82) is 0 Å². The van der Waals surface area contributed by atoms with E-state index in [1.165, 1.54) is 0 Å². The van der Waals surface area contributed by atoms with E-state index in [1.54, 1.807) is 29.0 Å². The van der Waals surface area contributed by atoms with E-state index in [2.05, 4.69) is 25.6 Å². The fraction of sp³-hybridized carbons (Fsp3) is 0.286. The van der Waals surface area contributed by atoms with Crippen molar-refractivity contribution in [3.05, 3.63) is 47.2 Å². The molecule has 0 saturated heterocycles. The largest absolute Gasteiger partial charge is 0.344 e. The minimum absolute atomic E-state index is 0.144. The average Bonchev–Trinajstić information content (AvgIpc) is 3.02. The Bertz CT molecular complexity index is 750. The number of nitrogens with zero attached hydrogens (tertiary/aromatic N) is 4. The Labute approximate surface area is 121 Å². The standard InChI is InChI=1S/C14H16N6O/c1-8(13-9(2)17-18-10(13)3)16-14(21)11-7-12-15-5-4-6-20(12)19-11/h4-8H,1-3H3,(H,16,21)(H,17,18)/t8-/m1/s1. The summed E-state index contributed by atoms with van der Waals surface area (Å²) in [5.41, 5.74) is 3.84. The van der Waals surface area contributed by atoms with Crippen LogP contribution in [-0.2, 0) is 0 Å². The van der Waals surface area contributed by atoms with Gasteiger partial charge in [0.1, 0.15) is 0 Å². The molecule has 0 unspecified atom stereocenters. The van der Waals surface area contributed by atoms with Crippen molar-refractivity contribution in [1.82, 2.24) is 30.1 Å². The number of aromatic amines is 1. The van der Waals surface area contributed by atoms with E-state index in [9.17, 15) is 4.79 Å². The highest BCUT2D eigenvalue weighted by atomic mass is 16.2. The van der Waals surface area contributed by atoms with Gasteiger partial charge in [0, 0.05) is 29.7 Å². The van der Waals surface area contributed by atoms with Crippen LogP contribution in [0.3, 0.4) is 0 Å². The second kappa shape index (κ2) is 5.01. The van der Waals surface area contributed by atoms with Gasteiger partial charge in [-0.15, -0.1) is 0 Å². The molecule has 2 N–H and O–H groups in total. The van der Waals surface area contributed by atoms with Gasteiger partial charge in [-0.1, -0.05) is 0 Å². The molecule has 0 aliphatic rings. The number of carbonyl (C=O) groups excluding carboxylic acids is 1. The lowest BCUT2D eigenvalue weighted by molar-refractivity contribution is 0.0934. The Morgan fingerprint density at radius 3 is 2.90 bits per heavy atom. The number of carbonyl (C=O) groups is 1. The molecule has 3 aromatic heterocycles. The van der Waals surface area contributed by atoms with Gasteiger partial charge >= 0.3 is 0 Å². The highest BCUT2D eigenvalue weighted by molar-refractivity contribution is 5.93. The SMILES string of the molecule is Cc1n[nH]c(C)c1[C@@H](C)NC(=O)c1cc2ncccn2n1. The van der Waals surface area contributed by atoms with Crippen LogP contribution in [0.2, 0.25) is 0 Å². The molecule has 0 saturated carbocycles. The third-order valence-corrected chi connectivity index (χ3v) is 3.43. The first-order valence-corrected chi connectivity index (χ1v) is 6.69. The molecule has 0 bridgehead atoms. The predicted octanol–water partition coefficient (Wildman–Crippen LogP) is 1.56. The van der Waals surface area contributed by atoms with Gasteiger partial charge in [-0.3, -0.25) is 9.89 Å². The molecule has 21 heavy (non-hydrogen) atoms. The molecule has 0 aromatic carbocycles. The number of aromatic nitrogens is 5. The number of rotatable bonds is 3. The number of amides is 1. The van der Waals surface area contributed by atoms with Crippen molar-refractivity contribution in [2.75, 3.05) is 0 Å². The van der Waals surface area contributed by atoms with E-state index in [-0.39, 0.29) is 11.9 Å². The first kappa shape index (κ1) is 13.3. The summed E-state index contributed by atoms with van der Waals surface area (Å²) in [6.45, 7) is 5.78. The fourth-order valence-corrected chi connectivity index (χ4v) is 2.48. The highest BCUT2D eigenvalue weighted by Gasteiger charge is 2.19. The maximum atomic E-state index is 12.3. The zero-order valence-electron chi connectivity index (χ0n) is 12.1. The summed E-state index contributed by atoms with van der Waals surface area (Å²) in [4.78, 5) is 16.4. The molecule has 0 aliphatic heterocycles. The van der Waals surface area contributed by atoms with Crippen LogP contribution in [0.15, 0.2) is 24.5 Å². The third kappa shape index (κ3) is 2.37. The third-order valence-electron chi connectivity index (χ3n) is 3.43. The van der Waals surface area contributed by atoms with Crippen LogP contribution in [0.1, 0.15) is 40.4 Å². The molecule has 1 amide bonds. The van der Waals surface area contributed by atoms with E-state index in [4.69, 9.17) is 0 Å². The van der Waals surface area contributed by atoms with Crippen LogP contribution in [0.25, 0.3) is 5.65 Å². The normalized spacial score (nSPS) is 12.5. The molecule has 3 aromatic rings. The Morgan fingerprint density at radius 1 is 1.43 bits per heavy atom. The quantitative estimate of drug-likeness (QED) is 0.764. The molecule has 108 valence electrons. The molecule has 0 aliphatic carbocycles. The Hall–Kier alpha value is -2.70. The summed E-state index contributed by atoms with van der Waals surface area (Å²) in [5.74, 6) is -0.229. The van der Waals surface area contributed by atoms with Gasteiger partial charge in [0.05, 0.1) is 11.7 Å². The zero-order chi connectivity index (χ0) is 15.0. The van der Waals surface area contributed by atoms with E-state index in [1.807, 2.05) is 20.8 Å². The summed E-state index contributed by atoms with van der Waals surface area (Å²) in [6, 6.07) is 3.29. The number of nitrogens with one attached hydrogen (secondary N) is 2. The van der Waals surface area contributed by atoms with Gasteiger partial charge in [0.25, 0.3) is 5.91 Å². The van der Waals surface area contributed by atoms with Gasteiger partial charge in [0.2, 0.25) is 0 Å². The van der Waals surface area contributed by atoms with Crippen LogP contribution in [-0.4, -0.2) is 30.7 Å². The number of hydrogen-bond acceptors (Lipinski definition) is 4. The Morgan fingerprint density at radius 2 is 2.24 bits per heavy atom. The molecule has 3 heterocycles. The lowest BCUT2D eigenvalue weighted by atomic mass is 10.1. The second-order valence-corrected chi connectivity index (χ2v) is 4.99. The summed E-state index contributed by atoms with van der Waals surface area (Å²) >= 11 is 0. The van der Waals surface area contributed by atoms with Gasteiger partial charge in [-0.2, -0.15) is 10.2 Å². The first-order chi connectivity index (χ1) is 10.1. The van der Waals surface area contributed by atoms with E-state index < -0.39 is 0 Å². The Kier molecular flexibility index (Phi) is 3.17. The van der Waals surface area contributed by atoms with Crippen LogP contribution in [0, 0.1) is 13.8 Å². The second-order valence-electron chi connectivity index (χ2n) is 4.99. The smallest absolute Gasteiger partial charge is 0.272 e. The molecular weight excluding hydrogens is 268 g/mol. The van der Waals surface area contributed by atoms with Gasteiger partial charge < -0.3 is 5.32 Å². The topological polar surface area (TPSA) is 88.0 Å². The van der Waals surface area contributed by atoms with E-state index >= 15 is 0 Å². The van der Waals surface area contributed by atoms with Crippen molar-refractivity contribution in [2.45, 2.75) is 26.8 Å². The molecule has 0 radical (unpaired) electrons. The van der Waals surface area contributed by atoms with Crippen LogP contribution in [0.4, 0.5) is 0 Å². The number of H-pyrrole nitrogens is 1. The number of aryl methyl sites for hydroxylation is 2. The van der Waals surface area contributed by atoms with Gasteiger partial charge in [-0.05, 0) is 26.8 Å². The van der Waals surface area contributed by atoms with Crippen molar-refractivity contribution >= 4 is 11.6 Å². The Balaban J connectivity index is 1.83. The van der Waals surface area contributed by atoms with E-state index in [0.29, 0.717) is 11.3 Å². The average molecular weight is 284 g/mol. The van der Waals surface area contributed by atoms with Crippen molar-refractivity contribution in [3.8, 4) is 0 Å².